The van der Waals surface area contributed by atoms with E-state index in [9.17, 15) is 8.42 Å². The van der Waals surface area contributed by atoms with Crippen LogP contribution in [0.4, 0.5) is 0 Å². The molecule has 0 saturated carbocycles. The first-order chi connectivity index (χ1) is 7.94. The third-order valence-corrected chi connectivity index (χ3v) is 4.91. The Hall–Kier alpha value is -0.390. The molecule has 0 aliphatic carbocycles. The predicted molar refractivity (Wildman–Crippen MR) is 74.9 cm³/mol. The van der Waals surface area contributed by atoms with Crippen molar-refractivity contribution in [1.82, 2.24) is 5.32 Å². The lowest BCUT2D eigenvalue weighted by Crippen LogP contribution is -2.26. The number of hydrogen-bond acceptors (Lipinski definition) is 3. The first-order valence-corrected chi connectivity index (χ1v) is 8.25. The van der Waals surface area contributed by atoms with Gasteiger partial charge in [0.15, 0.2) is 9.84 Å². The normalized spacial score (nSPS) is 13.6. The SMILES string of the molecule is CCS(=O)(=O)CCNC(C)c1ccc(Br)cc1. The molecule has 0 saturated heterocycles. The van der Waals surface area contributed by atoms with E-state index >= 15 is 0 Å². The van der Waals surface area contributed by atoms with Gasteiger partial charge in [-0.25, -0.2) is 8.42 Å². The van der Waals surface area contributed by atoms with Gasteiger partial charge in [-0.2, -0.15) is 0 Å². The van der Waals surface area contributed by atoms with E-state index in [0.29, 0.717) is 6.54 Å². The lowest BCUT2D eigenvalue weighted by Gasteiger charge is -2.14. The molecule has 0 bridgehead atoms. The Morgan fingerprint density at radius 2 is 1.88 bits per heavy atom. The largest absolute Gasteiger partial charge is 0.309 e. The molecule has 1 N–H and O–H groups in total. The van der Waals surface area contributed by atoms with Crippen LogP contribution < -0.4 is 5.32 Å². The van der Waals surface area contributed by atoms with Gasteiger partial charge in [0.2, 0.25) is 0 Å². The quantitative estimate of drug-likeness (QED) is 0.876. The molecular weight excluding hydrogens is 302 g/mol. The van der Waals surface area contributed by atoms with Gasteiger partial charge in [-0.1, -0.05) is 35.0 Å². The molecule has 1 aromatic rings. The zero-order chi connectivity index (χ0) is 12.9. The minimum absolute atomic E-state index is 0.162. The van der Waals surface area contributed by atoms with Crippen LogP contribution in [0.15, 0.2) is 28.7 Å². The number of sulfone groups is 1. The van der Waals surface area contributed by atoms with Crippen LogP contribution in [0.3, 0.4) is 0 Å². The van der Waals surface area contributed by atoms with E-state index < -0.39 is 9.84 Å². The molecule has 5 heteroatoms. The fourth-order valence-corrected chi connectivity index (χ4v) is 2.43. The highest BCUT2D eigenvalue weighted by atomic mass is 79.9. The first kappa shape index (κ1) is 14.7. The third-order valence-electron chi connectivity index (χ3n) is 2.67. The van der Waals surface area contributed by atoms with Crippen LogP contribution in [-0.2, 0) is 9.84 Å². The van der Waals surface area contributed by atoms with Crippen molar-refractivity contribution in [3.8, 4) is 0 Å². The molecule has 0 amide bonds. The molecule has 17 heavy (non-hydrogen) atoms. The highest BCUT2D eigenvalue weighted by Gasteiger charge is 2.09. The molecule has 0 fully saturated rings. The zero-order valence-electron chi connectivity index (χ0n) is 10.1. The standard InChI is InChI=1S/C12H18BrNO2S/c1-3-17(15,16)9-8-14-10(2)11-4-6-12(13)7-5-11/h4-7,10,14H,3,8-9H2,1-2H3. The maximum Gasteiger partial charge on any atom is 0.151 e. The lowest BCUT2D eigenvalue weighted by molar-refractivity contribution is 0.573. The van der Waals surface area contributed by atoms with Gasteiger partial charge in [0, 0.05) is 22.8 Å². The molecule has 0 aliphatic rings. The molecule has 0 spiro atoms. The number of hydrogen-bond donors (Lipinski definition) is 1. The van der Waals surface area contributed by atoms with Crippen LogP contribution in [0, 0.1) is 0 Å². The van der Waals surface area contributed by atoms with Gasteiger partial charge in [-0.3, -0.25) is 0 Å². The second-order valence-electron chi connectivity index (χ2n) is 3.96. The topological polar surface area (TPSA) is 46.2 Å². The minimum Gasteiger partial charge on any atom is -0.309 e. The van der Waals surface area contributed by atoms with Crippen molar-refractivity contribution in [1.29, 1.82) is 0 Å². The average Bonchev–Trinajstić information content (AvgIpc) is 2.29. The monoisotopic (exact) mass is 319 g/mol. The van der Waals surface area contributed by atoms with Gasteiger partial charge < -0.3 is 5.32 Å². The van der Waals surface area contributed by atoms with Crippen LogP contribution in [0.2, 0.25) is 0 Å². The zero-order valence-corrected chi connectivity index (χ0v) is 12.5. The Labute approximate surface area is 112 Å². The highest BCUT2D eigenvalue weighted by Crippen LogP contribution is 2.16. The fraction of sp³-hybridized carbons (Fsp3) is 0.500. The maximum absolute atomic E-state index is 11.3. The molecule has 96 valence electrons. The van der Waals surface area contributed by atoms with Crippen molar-refractivity contribution in [2.45, 2.75) is 19.9 Å². The van der Waals surface area contributed by atoms with Crippen LogP contribution in [-0.4, -0.2) is 26.5 Å². The molecule has 1 aromatic carbocycles. The van der Waals surface area contributed by atoms with Crippen LogP contribution in [0.5, 0.6) is 0 Å². The predicted octanol–water partition coefficient (Wildman–Crippen LogP) is 2.53. The summed E-state index contributed by atoms with van der Waals surface area (Å²) in [5.74, 6) is 0.408. The molecule has 3 nitrogen and oxygen atoms in total. The Morgan fingerprint density at radius 1 is 1.29 bits per heavy atom. The van der Waals surface area contributed by atoms with Crippen LogP contribution in [0.25, 0.3) is 0 Å². The number of halogens is 1. The summed E-state index contributed by atoms with van der Waals surface area (Å²) in [4.78, 5) is 0. The average molecular weight is 320 g/mol. The van der Waals surface area contributed by atoms with E-state index in [1.54, 1.807) is 6.92 Å². The molecular formula is C12H18BrNO2S. The van der Waals surface area contributed by atoms with Crippen LogP contribution >= 0.6 is 15.9 Å². The summed E-state index contributed by atoms with van der Waals surface area (Å²) in [6.45, 7) is 4.20. The van der Waals surface area contributed by atoms with Gasteiger partial charge in [-0.15, -0.1) is 0 Å². The van der Waals surface area contributed by atoms with Gasteiger partial charge in [0.05, 0.1) is 5.75 Å². The Kier molecular flexibility index (Phi) is 5.62. The van der Waals surface area contributed by atoms with Gasteiger partial charge in [0.25, 0.3) is 0 Å². The maximum atomic E-state index is 11.3. The first-order valence-electron chi connectivity index (χ1n) is 5.64. The molecule has 0 aromatic heterocycles. The highest BCUT2D eigenvalue weighted by molar-refractivity contribution is 9.10. The third kappa shape index (κ3) is 5.19. The second-order valence-corrected chi connectivity index (χ2v) is 7.35. The fourth-order valence-electron chi connectivity index (χ4n) is 1.44. The summed E-state index contributed by atoms with van der Waals surface area (Å²) in [6.07, 6.45) is 0. The minimum atomic E-state index is -2.87. The van der Waals surface area contributed by atoms with Gasteiger partial charge in [0.1, 0.15) is 0 Å². The molecule has 1 unspecified atom stereocenters. The van der Waals surface area contributed by atoms with Crippen molar-refractivity contribution >= 4 is 25.8 Å². The van der Waals surface area contributed by atoms with E-state index in [0.717, 1.165) is 10.0 Å². The van der Waals surface area contributed by atoms with Crippen molar-refractivity contribution in [2.75, 3.05) is 18.1 Å². The molecule has 0 radical (unpaired) electrons. The molecule has 1 atom stereocenters. The molecule has 0 aliphatic heterocycles. The van der Waals surface area contributed by atoms with Crippen molar-refractivity contribution < 1.29 is 8.42 Å². The summed E-state index contributed by atoms with van der Waals surface area (Å²) >= 11 is 3.38. The summed E-state index contributed by atoms with van der Waals surface area (Å²) in [7, 11) is -2.87. The summed E-state index contributed by atoms with van der Waals surface area (Å²) in [6, 6.07) is 8.17. The Bertz CT molecular complexity index is 442. The van der Waals surface area contributed by atoms with E-state index in [1.807, 2.05) is 31.2 Å². The van der Waals surface area contributed by atoms with E-state index in [2.05, 4.69) is 21.2 Å². The van der Waals surface area contributed by atoms with Crippen LogP contribution in [0.1, 0.15) is 25.5 Å². The summed E-state index contributed by atoms with van der Waals surface area (Å²) in [5.41, 5.74) is 1.15. The van der Waals surface area contributed by atoms with Crippen molar-refractivity contribution in [2.24, 2.45) is 0 Å². The molecule has 1 rings (SSSR count). The number of benzene rings is 1. The number of rotatable bonds is 6. The van der Waals surface area contributed by atoms with Crippen molar-refractivity contribution in [3.05, 3.63) is 34.3 Å². The van der Waals surface area contributed by atoms with Gasteiger partial charge in [-0.05, 0) is 24.6 Å². The number of nitrogens with one attached hydrogen (secondary N) is 1. The second kappa shape index (κ2) is 6.52. The van der Waals surface area contributed by atoms with Crippen molar-refractivity contribution in [3.63, 3.8) is 0 Å². The van der Waals surface area contributed by atoms with E-state index in [4.69, 9.17) is 0 Å². The van der Waals surface area contributed by atoms with E-state index in [1.165, 1.54) is 0 Å². The Balaban J connectivity index is 2.45. The summed E-state index contributed by atoms with van der Waals surface area (Å²) < 4.78 is 23.7. The smallest absolute Gasteiger partial charge is 0.151 e. The lowest BCUT2D eigenvalue weighted by atomic mass is 10.1. The van der Waals surface area contributed by atoms with E-state index in [-0.39, 0.29) is 17.5 Å². The van der Waals surface area contributed by atoms with Gasteiger partial charge >= 0.3 is 0 Å². The summed E-state index contributed by atoms with van der Waals surface area (Å²) in [5, 5.41) is 3.21. The Morgan fingerprint density at radius 3 is 2.41 bits per heavy atom. The molecule has 0 heterocycles.